The van der Waals surface area contributed by atoms with Crippen molar-refractivity contribution in [2.24, 2.45) is 5.41 Å². The number of carbonyl (C=O) groups is 2. The van der Waals surface area contributed by atoms with Crippen molar-refractivity contribution in [2.75, 3.05) is 11.1 Å². The van der Waals surface area contributed by atoms with Gasteiger partial charge >= 0.3 is 0 Å². The zero-order valence-corrected chi connectivity index (χ0v) is 15.6. The minimum Gasteiger partial charge on any atom is -0.298 e. The Bertz CT molecular complexity index is 779. The minimum atomic E-state index is -0.194. The highest BCUT2D eigenvalue weighted by atomic mass is 32.2. The molecule has 1 heterocycles. The SMILES string of the molecule is CCSc1ccc(C(=O)Nc2nc3c(s2)C(=O)CC(C)(C)C3)cc1. The number of rotatable bonds is 4. The molecule has 4 nitrogen and oxygen atoms in total. The van der Waals surface area contributed by atoms with Crippen molar-refractivity contribution in [2.45, 2.75) is 38.5 Å². The van der Waals surface area contributed by atoms with Gasteiger partial charge in [-0.3, -0.25) is 14.9 Å². The zero-order chi connectivity index (χ0) is 17.3. The number of carbonyl (C=O) groups excluding carboxylic acids is 2. The summed E-state index contributed by atoms with van der Waals surface area (Å²) in [5.41, 5.74) is 1.34. The Kier molecular flexibility index (Phi) is 4.78. The number of hydrogen-bond acceptors (Lipinski definition) is 5. The van der Waals surface area contributed by atoms with Crippen molar-refractivity contribution >= 4 is 39.9 Å². The first-order valence-corrected chi connectivity index (χ1v) is 9.75. The number of nitrogens with zero attached hydrogens (tertiary/aromatic N) is 1. The molecule has 126 valence electrons. The van der Waals surface area contributed by atoms with Crippen LogP contribution in [0.25, 0.3) is 0 Å². The smallest absolute Gasteiger partial charge is 0.257 e. The van der Waals surface area contributed by atoms with Crippen LogP contribution >= 0.6 is 23.1 Å². The molecular weight excluding hydrogens is 340 g/mol. The highest BCUT2D eigenvalue weighted by Crippen LogP contribution is 2.38. The van der Waals surface area contributed by atoms with Gasteiger partial charge in [0.05, 0.1) is 10.6 Å². The molecule has 1 amide bonds. The molecule has 1 aromatic carbocycles. The summed E-state index contributed by atoms with van der Waals surface area (Å²) in [5, 5.41) is 3.33. The van der Waals surface area contributed by atoms with E-state index >= 15 is 0 Å². The van der Waals surface area contributed by atoms with Crippen LogP contribution < -0.4 is 5.32 Å². The van der Waals surface area contributed by atoms with Crippen molar-refractivity contribution in [3.05, 3.63) is 40.4 Å². The van der Waals surface area contributed by atoms with E-state index in [-0.39, 0.29) is 17.1 Å². The summed E-state index contributed by atoms with van der Waals surface area (Å²) in [6, 6.07) is 7.52. The fourth-order valence-electron chi connectivity index (χ4n) is 2.81. The summed E-state index contributed by atoms with van der Waals surface area (Å²) in [6.45, 7) is 6.24. The number of anilines is 1. The van der Waals surface area contributed by atoms with Gasteiger partial charge in [0.2, 0.25) is 0 Å². The number of thioether (sulfide) groups is 1. The zero-order valence-electron chi connectivity index (χ0n) is 14.0. The number of benzene rings is 1. The summed E-state index contributed by atoms with van der Waals surface area (Å²) in [6.07, 6.45) is 1.30. The van der Waals surface area contributed by atoms with Gasteiger partial charge in [0.25, 0.3) is 5.91 Å². The molecule has 0 saturated heterocycles. The van der Waals surface area contributed by atoms with E-state index in [0.717, 1.165) is 22.8 Å². The second kappa shape index (κ2) is 6.69. The number of thiazole rings is 1. The number of nitrogens with one attached hydrogen (secondary N) is 1. The average molecular weight is 361 g/mol. The van der Waals surface area contributed by atoms with Gasteiger partial charge in [-0.2, -0.15) is 0 Å². The molecule has 2 aromatic rings. The number of fused-ring (bicyclic) bond motifs is 1. The molecule has 3 rings (SSSR count). The van der Waals surface area contributed by atoms with Crippen LogP contribution in [0.5, 0.6) is 0 Å². The van der Waals surface area contributed by atoms with E-state index < -0.39 is 0 Å². The number of aromatic nitrogens is 1. The third-order valence-corrected chi connectivity index (χ3v) is 5.83. The van der Waals surface area contributed by atoms with Gasteiger partial charge in [0.15, 0.2) is 10.9 Å². The molecule has 6 heteroatoms. The molecular formula is C18H20N2O2S2. The Balaban J connectivity index is 1.75. The quantitative estimate of drug-likeness (QED) is 0.806. The van der Waals surface area contributed by atoms with E-state index in [1.165, 1.54) is 11.3 Å². The minimum absolute atomic E-state index is 0.0633. The van der Waals surface area contributed by atoms with E-state index in [9.17, 15) is 9.59 Å². The summed E-state index contributed by atoms with van der Waals surface area (Å²) in [7, 11) is 0. The molecule has 0 aliphatic heterocycles. The van der Waals surface area contributed by atoms with Crippen molar-refractivity contribution in [3.8, 4) is 0 Å². The maximum Gasteiger partial charge on any atom is 0.257 e. The van der Waals surface area contributed by atoms with Crippen LogP contribution in [0.1, 0.15) is 52.9 Å². The molecule has 1 aliphatic rings. The fraction of sp³-hybridized carbons (Fsp3) is 0.389. The van der Waals surface area contributed by atoms with E-state index in [1.807, 2.05) is 24.3 Å². The Morgan fingerprint density at radius 3 is 2.67 bits per heavy atom. The molecule has 0 radical (unpaired) electrons. The molecule has 1 aromatic heterocycles. The van der Waals surface area contributed by atoms with Gasteiger partial charge < -0.3 is 0 Å². The highest BCUT2D eigenvalue weighted by Gasteiger charge is 2.34. The lowest BCUT2D eigenvalue weighted by Crippen LogP contribution is -2.26. The Morgan fingerprint density at radius 2 is 2.00 bits per heavy atom. The highest BCUT2D eigenvalue weighted by molar-refractivity contribution is 7.99. The van der Waals surface area contributed by atoms with Crippen molar-refractivity contribution in [1.29, 1.82) is 0 Å². The Morgan fingerprint density at radius 1 is 1.29 bits per heavy atom. The normalized spacial score (nSPS) is 15.9. The van der Waals surface area contributed by atoms with Crippen LogP contribution in [0.2, 0.25) is 0 Å². The molecule has 0 fully saturated rings. The van der Waals surface area contributed by atoms with E-state index in [4.69, 9.17) is 0 Å². The van der Waals surface area contributed by atoms with Crippen LogP contribution in [0.15, 0.2) is 29.2 Å². The van der Waals surface area contributed by atoms with Crippen molar-refractivity contribution < 1.29 is 9.59 Å². The number of amides is 1. The molecule has 0 saturated carbocycles. The van der Waals surface area contributed by atoms with Crippen LogP contribution in [0, 0.1) is 5.41 Å². The van der Waals surface area contributed by atoms with Crippen LogP contribution in [0.4, 0.5) is 5.13 Å². The average Bonchev–Trinajstić information content (AvgIpc) is 2.89. The van der Waals surface area contributed by atoms with Gasteiger partial charge in [-0.25, -0.2) is 4.98 Å². The Hall–Kier alpha value is -1.66. The molecule has 0 bridgehead atoms. The van der Waals surface area contributed by atoms with Crippen molar-refractivity contribution in [1.82, 2.24) is 4.98 Å². The van der Waals surface area contributed by atoms with Crippen LogP contribution in [-0.4, -0.2) is 22.4 Å². The summed E-state index contributed by atoms with van der Waals surface area (Å²) >= 11 is 3.02. The van der Waals surface area contributed by atoms with Gasteiger partial charge in [-0.1, -0.05) is 32.1 Å². The standard InChI is InChI=1S/C18H20N2O2S2/c1-4-23-12-7-5-11(6-8-12)16(22)20-17-19-13-9-18(2,3)10-14(21)15(13)24-17/h5-8H,4,9-10H2,1-3H3,(H,19,20,22). The molecule has 1 aliphatic carbocycles. The molecule has 1 N–H and O–H groups in total. The van der Waals surface area contributed by atoms with Crippen molar-refractivity contribution in [3.63, 3.8) is 0 Å². The maximum atomic E-state index is 12.4. The monoisotopic (exact) mass is 360 g/mol. The Labute approximate surface area is 150 Å². The molecule has 0 unspecified atom stereocenters. The first kappa shape index (κ1) is 17.2. The number of Topliss-reactive ketones (excluding diaryl/α,β-unsaturated/α-hetero) is 1. The lowest BCUT2D eigenvalue weighted by Gasteiger charge is -2.26. The second-order valence-corrected chi connectivity index (χ2v) is 8.98. The fourth-order valence-corrected chi connectivity index (χ4v) is 4.39. The largest absolute Gasteiger partial charge is 0.298 e. The lowest BCUT2D eigenvalue weighted by atomic mass is 9.78. The maximum absolute atomic E-state index is 12.4. The lowest BCUT2D eigenvalue weighted by molar-refractivity contribution is 0.0915. The third-order valence-electron chi connectivity index (χ3n) is 3.88. The van der Waals surface area contributed by atoms with Gasteiger partial charge in [-0.15, -0.1) is 11.8 Å². The summed E-state index contributed by atoms with van der Waals surface area (Å²) in [4.78, 5) is 30.9. The first-order valence-electron chi connectivity index (χ1n) is 7.95. The van der Waals surface area contributed by atoms with E-state index in [2.05, 4.69) is 31.1 Å². The number of ketones is 1. The van der Waals surface area contributed by atoms with Gasteiger partial charge in [-0.05, 0) is 41.9 Å². The molecule has 24 heavy (non-hydrogen) atoms. The predicted molar refractivity (Wildman–Crippen MR) is 99.3 cm³/mol. The van der Waals surface area contributed by atoms with Gasteiger partial charge in [0.1, 0.15) is 0 Å². The third kappa shape index (κ3) is 3.70. The molecule has 0 atom stereocenters. The van der Waals surface area contributed by atoms with Crippen LogP contribution in [-0.2, 0) is 6.42 Å². The van der Waals surface area contributed by atoms with Crippen LogP contribution in [0.3, 0.4) is 0 Å². The van der Waals surface area contributed by atoms with Gasteiger partial charge in [0, 0.05) is 16.9 Å². The molecule has 0 spiro atoms. The first-order chi connectivity index (χ1) is 11.4. The predicted octanol–water partition coefficient (Wildman–Crippen LogP) is 4.66. The van der Waals surface area contributed by atoms with E-state index in [1.54, 1.807) is 11.8 Å². The second-order valence-electron chi connectivity index (χ2n) is 6.65. The topological polar surface area (TPSA) is 59.1 Å². The number of hydrogen-bond donors (Lipinski definition) is 1. The summed E-state index contributed by atoms with van der Waals surface area (Å²) < 4.78 is 0. The summed E-state index contributed by atoms with van der Waals surface area (Å²) in [5.74, 6) is 0.932. The van der Waals surface area contributed by atoms with E-state index in [0.29, 0.717) is 22.0 Å².